The van der Waals surface area contributed by atoms with Crippen molar-refractivity contribution in [1.29, 1.82) is 0 Å². The van der Waals surface area contributed by atoms with Gasteiger partial charge in [-0.1, -0.05) is 12.1 Å². The van der Waals surface area contributed by atoms with Gasteiger partial charge in [-0.15, -0.1) is 0 Å². The summed E-state index contributed by atoms with van der Waals surface area (Å²) in [6.07, 6.45) is -10.2. The van der Waals surface area contributed by atoms with E-state index in [1.54, 1.807) is 0 Å². The lowest BCUT2D eigenvalue weighted by Gasteiger charge is -2.26. The second-order valence-corrected chi connectivity index (χ2v) is 8.03. The summed E-state index contributed by atoms with van der Waals surface area (Å²) in [5.74, 6) is -1.06. The molecule has 0 aromatic heterocycles. The van der Waals surface area contributed by atoms with Crippen LogP contribution in [0.15, 0.2) is 47.6 Å². The summed E-state index contributed by atoms with van der Waals surface area (Å²) in [6, 6.07) is 6.15. The lowest BCUT2D eigenvalue weighted by atomic mass is 10.1. The van der Waals surface area contributed by atoms with Gasteiger partial charge in [-0.3, -0.25) is 14.5 Å². The molecule has 0 saturated heterocycles. The fourth-order valence-electron chi connectivity index (χ4n) is 2.68. The fourth-order valence-corrected chi connectivity index (χ4v) is 3.86. The molecule has 0 saturated carbocycles. The van der Waals surface area contributed by atoms with Gasteiger partial charge in [0.25, 0.3) is 10.0 Å². The monoisotopic (exact) mass is 451 g/mol. The van der Waals surface area contributed by atoms with Gasteiger partial charge in [-0.25, -0.2) is 0 Å². The highest BCUT2D eigenvalue weighted by atomic mass is 32.2. The maximum absolute atomic E-state index is 12.9. The number of hydrogen-bond donors (Lipinski definition) is 1. The van der Waals surface area contributed by atoms with Crippen LogP contribution in [0.25, 0.3) is 0 Å². The van der Waals surface area contributed by atoms with Crippen molar-refractivity contribution >= 4 is 32.2 Å². The SMILES string of the molecule is CN1c2ccccc2C(=O)C(=NNc2cc(C(F)(F)F)cc(C(F)(F)F)c2)S1(=O)=O. The van der Waals surface area contributed by atoms with Crippen molar-refractivity contribution in [2.45, 2.75) is 12.4 Å². The van der Waals surface area contributed by atoms with Crippen molar-refractivity contribution in [2.75, 3.05) is 16.8 Å². The first-order valence-corrected chi connectivity index (χ1v) is 9.43. The number of ketones is 1. The van der Waals surface area contributed by atoms with Gasteiger partial charge in [0.1, 0.15) is 0 Å². The molecule has 30 heavy (non-hydrogen) atoms. The molecular weight excluding hydrogens is 440 g/mol. The summed E-state index contributed by atoms with van der Waals surface area (Å²) in [6.45, 7) is 0. The molecule has 0 atom stereocenters. The van der Waals surface area contributed by atoms with Crippen LogP contribution in [0.3, 0.4) is 0 Å². The number of anilines is 2. The average molecular weight is 451 g/mol. The number of sulfonamides is 1. The highest BCUT2D eigenvalue weighted by molar-refractivity contribution is 8.09. The number of hydrogen-bond acceptors (Lipinski definition) is 5. The van der Waals surface area contributed by atoms with Gasteiger partial charge in [0.05, 0.1) is 22.5 Å². The Hall–Kier alpha value is -3.09. The molecular formula is C17H11F6N3O3S. The summed E-state index contributed by atoms with van der Waals surface area (Å²) in [4.78, 5) is 12.5. The van der Waals surface area contributed by atoms with E-state index < -0.39 is 50.0 Å². The van der Waals surface area contributed by atoms with Crippen LogP contribution in [0.4, 0.5) is 37.7 Å². The smallest absolute Gasteiger partial charge is 0.286 e. The number of nitrogens with zero attached hydrogens (tertiary/aromatic N) is 2. The molecule has 0 unspecified atom stereocenters. The van der Waals surface area contributed by atoms with Crippen LogP contribution in [0.2, 0.25) is 0 Å². The molecule has 2 aromatic rings. The predicted octanol–water partition coefficient (Wildman–Crippen LogP) is 4.11. The first-order valence-electron chi connectivity index (χ1n) is 7.99. The maximum atomic E-state index is 12.9. The number of alkyl halides is 6. The summed E-state index contributed by atoms with van der Waals surface area (Å²) >= 11 is 0. The van der Waals surface area contributed by atoms with Crippen molar-refractivity contribution in [3.05, 3.63) is 59.2 Å². The minimum atomic E-state index is -5.10. The van der Waals surface area contributed by atoms with Gasteiger partial charge in [-0.05, 0) is 30.3 Å². The number of Topliss-reactive ketones (excluding diaryl/α,β-unsaturated/α-hetero) is 1. The first-order chi connectivity index (χ1) is 13.7. The van der Waals surface area contributed by atoms with Gasteiger partial charge in [0.15, 0.2) is 0 Å². The molecule has 1 aliphatic heterocycles. The summed E-state index contributed by atoms with van der Waals surface area (Å²) < 4.78 is 103. The van der Waals surface area contributed by atoms with Gasteiger partial charge >= 0.3 is 12.4 Å². The Balaban J connectivity index is 2.08. The Morgan fingerprint density at radius 3 is 2.00 bits per heavy atom. The minimum absolute atomic E-state index is 0.0459. The van der Waals surface area contributed by atoms with E-state index in [2.05, 4.69) is 5.10 Å². The molecule has 0 amide bonds. The van der Waals surface area contributed by atoms with E-state index in [-0.39, 0.29) is 17.3 Å². The van der Waals surface area contributed by atoms with Crippen molar-refractivity contribution in [2.24, 2.45) is 5.10 Å². The van der Waals surface area contributed by atoms with Crippen LogP contribution in [-0.2, 0) is 22.4 Å². The van der Waals surface area contributed by atoms with Crippen LogP contribution < -0.4 is 9.73 Å². The topological polar surface area (TPSA) is 78.8 Å². The zero-order valence-corrected chi connectivity index (χ0v) is 15.7. The molecule has 0 bridgehead atoms. The Morgan fingerprint density at radius 2 is 1.47 bits per heavy atom. The third kappa shape index (κ3) is 3.84. The molecule has 0 fully saturated rings. The first kappa shape index (κ1) is 21.6. The van der Waals surface area contributed by atoms with Crippen molar-refractivity contribution in [1.82, 2.24) is 0 Å². The number of hydrazone groups is 1. The van der Waals surface area contributed by atoms with Crippen LogP contribution in [0, 0.1) is 0 Å². The van der Waals surface area contributed by atoms with Gasteiger partial charge in [-0.2, -0.15) is 39.9 Å². The maximum Gasteiger partial charge on any atom is 0.416 e. The largest absolute Gasteiger partial charge is 0.416 e. The molecule has 160 valence electrons. The lowest BCUT2D eigenvalue weighted by Crippen LogP contribution is -2.43. The van der Waals surface area contributed by atoms with E-state index in [1.165, 1.54) is 24.3 Å². The molecule has 0 spiro atoms. The van der Waals surface area contributed by atoms with Gasteiger partial charge in [0.2, 0.25) is 10.8 Å². The second-order valence-electron chi connectivity index (χ2n) is 6.14. The molecule has 2 aromatic carbocycles. The fraction of sp³-hybridized carbons (Fsp3) is 0.176. The number of nitrogens with one attached hydrogen (secondary N) is 1. The number of halogens is 6. The lowest BCUT2D eigenvalue weighted by molar-refractivity contribution is -0.143. The summed E-state index contributed by atoms with van der Waals surface area (Å²) in [5, 5.41) is 2.26. The van der Waals surface area contributed by atoms with E-state index in [0.717, 1.165) is 11.4 Å². The van der Waals surface area contributed by atoms with E-state index in [4.69, 9.17) is 0 Å². The van der Waals surface area contributed by atoms with Gasteiger partial charge < -0.3 is 0 Å². The average Bonchev–Trinajstić information content (AvgIpc) is 2.64. The number of para-hydroxylation sites is 1. The molecule has 1 heterocycles. The molecule has 0 aliphatic carbocycles. The van der Waals surface area contributed by atoms with Crippen molar-refractivity contribution < 1.29 is 39.6 Å². The standard InChI is InChI=1S/C17H11F6N3O3S/c1-26-13-5-3-2-4-12(13)14(27)15(30(26,28)29)25-24-11-7-9(16(18,19)20)6-10(8-11)17(21,22)23/h2-8,24H,1H3. The Morgan fingerprint density at radius 1 is 0.933 bits per heavy atom. The highest BCUT2D eigenvalue weighted by Crippen LogP contribution is 2.37. The number of benzene rings is 2. The van der Waals surface area contributed by atoms with E-state index in [1.807, 2.05) is 5.43 Å². The molecule has 13 heteroatoms. The normalized spacial score (nSPS) is 17.8. The predicted molar refractivity (Wildman–Crippen MR) is 95.6 cm³/mol. The zero-order valence-electron chi connectivity index (χ0n) is 14.8. The third-order valence-corrected chi connectivity index (χ3v) is 5.84. The van der Waals surface area contributed by atoms with E-state index in [0.29, 0.717) is 12.1 Å². The van der Waals surface area contributed by atoms with Crippen LogP contribution >= 0.6 is 0 Å². The molecule has 1 N–H and O–H groups in total. The van der Waals surface area contributed by atoms with Crippen molar-refractivity contribution in [3.63, 3.8) is 0 Å². The van der Waals surface area contributed by atoms with Crippen LogP contribution in [0.5, 0.6) is 0 Å². The quantitative estimate of drug-likeness (QED) is 0.551. The van der Waals surface area contributed by atoms with Crippen LogP contribution in [0.1, 0.15) is 21.5 Å². The highest BCUT2D eigenvalue weighted by Gasteiger charge is 2.40. The second kappa shape index (κ2) is 7.00. The summed E-state index contributed by atoms with van der Waals surface area (Å²) in [5.41, 5.74) is -2.20. The third-order valence-electron chi connectivity index (χ3n) is 4.16. The van der Waals surface area contributed by atoms with E-state index in [9.17, 15) is 39.6 Å². The molecule has 3 rings (SSSR count). The summed E-state index contributed by atoms with van der Waals surface area (Å²) in [7, 11) is -3.36. The Labute approximate surface area is 165 Å². The van der Waals surface area contributed by atoms with Gasteiger partial charge in [0, 0.05) is 12.6 Å². The molecule has 1 aliphatic rings. The van der Waals surface area contributed by atoms with Crippen molar-refractivity contribution in [3.8, 4) is 0 Å². The minimum Gasteiger partial charge on any atom is -0.286 e. The molecule has 0 radical (unpaired) electrons. The van der Waals surface area contributed by atoms with E-state index >= 15 is 0 Å². The van der Waals surface area contributed by atoms with Crippen LogP contribution in [-0.4, -0.2) is 26.3 Å². The number of carbonyl (C=O) groups excluding carboxylic acids is 1. The Bertz CT molecular complexity index is 1120. The number of fused-ring (bicyclic) bond motifs is 1. The Kier molecular flexibility index (Phi) is 5.05. The number of carbonyl (C=O) groups is 1. The zero-order chi connectivity index (χ0) is 22.5. The number of rotatable bonds is 2. The molecule has 6 nitrogen and oxygen atoms in total.